The van der Waals surface area contributed by atoms with Gasteiger partial charge in [-0.15, -0.1) is 11.3 Å². The minimum Gasteiger partial charge on any atom is -0.395 e. The monoisotopic (exact) mass is 449 g/mol. The maximum absolute atomic E-state index is 13.0. The molecule has 3 aromatic rings. The molecule has 4 rings (SSSR count). The molecule has 0 saturated carbocycles. The predicted octanol–water partition coefficient (Wildman–Crippen LogP) is 4.26. The Hall–Kier alpha value is -2.51. The zero-order chi connectivity index (χ0) is 22.3. The molecule has 0 radical (unpaired) electrons. The number of benzene rings is 2. The normalized spacial score (nSPS) is 16.1. The average molecular weight is 450 g/mol. The lowest BCUT2D eigenvalue weighted by atomic mass is 9.97. The fourth-order valence-corrected chi connectivity index (χ4v) is 5.33. The van der Waals surface area contributed by atoms with E-state index >= 15 is 0 Å². The van der Waals surface area contributed by atoms with Crippen molar-refractivity contribution in [3.05, 3.63) is 88.3 Å². The highest BCUT2D eigenvalue weighted by molar-refractivity contribution is 7.16. The summed E-state index contributed by atoms with van der Waals surface area (Å²) in [7, 11) is 0. The maximum Gasteiger partial charge on any atom is 0.256 e. The van der Waals surface area contributed by atoms with E-state index in [2.05, 4.69) is 52.4 Å². The molecule has 1 saturated heterocycles. The molecule has 6 heteroatoms. The van der Waals surface area contributed by atoms with Crippen LogP contribution < -0.4 is 5.32 Å². The summed E-state index contributed by atoms with van der Waals surface area (Å²) in [5.74, 6) is -0.0732. The van der Waals surface area contributed by atoms with Gasteiger partial charge in [-0.1, -0.05) is 55.5 Å². The van der Waals surface area contributed by atoms with Crippen LogP contribution in [-0.4, -0.2) is 60.1 Å². The van der Waals surface area contributed by atoms with Crippen molar-refractivity contribution in [2.24, 2.45) is 0 Å². The predicted molar refractivity (Wildman–Crippen MR) is 131 cm³/mol. The van der Waals surface area contributed by atoms with Crippen molar-refractivity contribution in [3.8, 4) is 0 Å². The van der Waals surface area contributed by atoms with E-state index in [1.165, 1.54) is 10.4 Å². The number of anilines is 1. The zero-order valence-electron chi connectivity index (χ0n) is 18.5. The van der Waals surface area contributed by atoms with E-state index in [0.29, 0.717) is 5.56 Å². The highest BCUT2D eigenvalue weighted by atomic mass is 32.1. The summed E-state index contributed by atoms with van der Waals surface area (Å²) in [6.45, 7) is 6.78. The van der Waals surface area contributed by atoms with E-state index in [1.54, 1.807) is 11.3 Å². The number of amides is 1. The van der Waals surface area contributed by atoms with Gasteiger partial charge in [0.2, 0.25) is 0 Å². The van der Waals surface area contributed by atoms with Gasteiger partial charge in [0.05, 0.1) is 12.6 Å². The summed E-state index contributed by atoms with van der Waals surface area (Å²) >= 11 is 1.68. The van der Waals surface area contributed by atoms with Gasteiger partial charge < -0.3 is 10.4 Å². The number of carbonyl (C=O) groups is 1. The molecule has 1 fully saturated rings. The zero-order valence-corrected chi connectivity index (χ0v) is 19.4. The quantitative estimate of drug-likeness (QED) is 0.540. The Kier molecular flexibility index (Phi) is 7.71. The molecule has 1 aliphatic heterocycles. The van der Waals surface area contributed by atoms with Gasteiger partial charge >= 0.3 is 0 Å². The van der Waals surface area contributed by atoms with Crippen LogP contribution in [0.2, 0.25) is 0 Å². The van der Waals surface area contributed by atoms with Gasteiger partial charge in [0.15, 0.2) is 0 Å². The number of thiophene rings is 1. The van der Waals surface area contributed by atoms with Gasteiger partial charge in [-0.05, 0) is 30.2 Å². The van der Waals surface area contributed by atoms with E-state index in [1.807, 2.05) is 36.4 Å². The number of hydrogen-bond acceptors (Lipinski definition) is 5. The lowest BCUT2D eigenvalue weighted by molar-refractivity contribution is 0.0946. The third-order valence-electron chi connectivity index (χ3n) is 6.02. The molecule has 2 N–H and O–H groups in total. The smallest absolute Gasteiger partial charge is 0.256 e. The van der Waals surface area contributed by atoms with Crippen molar-refractivity contribution in [2.45, 2.75) is 19.4 Å². The first-order valence-electron chi connectivity index (χ1n) is 11.3. The molecule has 0 bridgehead atoms. The molecule has 0 spiro atoms. The van der Waals surface area contributed by atoms with Crippen LogP contribution in [-0.2, 0) is 6.42 Å². The van der Waals surface area contributed by atoms with Crippen LogP contribution in [0, 0.1) is 0 Å². The number of nitrogens with one attached hydrogen (secondary N) is 1. The first kappa shape index (κ1) is 22.7. The van der Waals surface area contributed by atoms with Gasteiger partial charge in [-0.2, -0.15) is 0 Å². The van der Waals surface area contributed by atoms with Crippen molar-refractivity contribution >= 4 is 22.2 Å². The summed E-state index contributed by atoms with van der Waals surface area (Å²) in [5.41, 5.74) is 3.07. The highest BCUT2D eigenvalue weighted by Gasteiger charge is 2.29. The molecular formula is C26H31N3O2S. The lowest BCUT2D eigenvalue weighted by Crippen LogP contribution is -2.48. The Bertz CT molecular complexity index is 998. The summed E-state index contributed by atoms with van der Waals surface area (Å²) in [6.07, 6.45) is 0.935. The van der Waals surface area contributed by atoms with Crippen LogP contribution in [0.1, 0.15) is 39.3 Å². The Labute approximate surface area is 194 Å². The molecule has 32 heavy (non-hydrogen) atoms. The molecule has 2 aromatic carbocycles. The molecule has 1 atom stereocenters. The van der Waals surface area contributed by atoms with Crippen LogP contribution in [0.25, 0.3) is 0 Å². The van der Waals surface area contributed by atoms with Crippen LogP contribution >= 0.6 is 11.3 Å². The van der Waals surface area contributed by atoms with E-state index in [9.17, 15) is 9.90 Å². The summed E-state index contributed by atoms with van der Waals surface area (Å²) < 4.78 is 0. The van der Waals surface area contributed by atoms with Gasteiger partial charge in [0.25, 0.3) is 5.91 Å². The molecule has 168 valence electrons. The summed E-state index contributed by atoms with van der Waals surface area (Å²) in [6, 6.07) is 22.3. The molecule has 1 aliphatic rings. The van der Waals surface area contributed by atoms with E-state index in [0.717, 1.165) is 49.7 Å². The number of carbonyl (C=O) groups excluding carboxylic acids is 1. The third kappa shape index (κ3) is 5.27. The number of hydrogen-bond donors (Lipinski definition) is 2. The number of aryl methyl sites for hydroxylation is 1. The highest BCUT2D eigenvalue weighted by Crippen LogP contribution is 2.40. The average Bonchev–Trinajstić information content (AvgIpc) is 3.24. The molecule has 1 amide bonds. The number of aliphatic hydroxyl groups is 1. The third-order valence-corrected chi connectivity index (χ3v) is 7.23. The second-order valence-corrected chi connectivity index (χ2v) is 9.22. The number of nitrogens with zero attached hydrogens (tertiary/aromatic N) is 2. The Morgan fingerprint density at radius 2 is 1.69 bits per heavy atom. The number of aliphatic hydroxyl groups excluding tert-OH is 1. The molecule has 0 aliphatic carbocycles. The van der Waals surface area contributed by atoms with Gasteiger partial charge in [0.1, 0.15) is 5.00 Å². The SMILES string of the molecule is CCc1cc(C(c2ccccc2)N2CCN(CCO)CC2)c(NC(=O)c2ccccc2)s1. The minimum atomic E-state index is -0.0732. The van der Waals surface area contributed by atoms with E-state index in [4.69, 9.17) is 0 Å². The van der Waals surface area contributed by atoms with Crippen molar-refractivity contribution in [3.63, 3.8) is 0 Å². The largest absolute Gasteiger partial charge is 0.395 e. The molecule has 2 heterocycles. The molecule has 5 nitrogen and oxygen atoms in total. The summed E-state index contributed by atoms with van der Waals surface area (Å²) in [4.78, 5) is 19.0. The van der Waals surface area contributed by atoms with Gasteiger partial charge in [0, 0.05) is 48.7 Å². The fraction of sp³-hybridized carbons (Fsp3) is 0.346. The van der Waals surface area contributed by atoms with Crippen molar-refractivity contribution in [1.82, 2.24) is 9.80 Å². The molecular weight excluding hydrogens is 418 g/mol. The van der Waals surface area contributed by atoms with E-state index in [-0.39, 0.29) is 18.6 Å². The molecule has 1 aromatic heterocycles. The number of piperazine rings is 1. The summed E-state index contributed by atoms with van der Waals surface area (Å²) in [5, 5.41) is 13.4. The van der Waals surface area contributed by atoms with Crippen LogP contribution in [0.3, 0.4) is 0 Å². The van der Waals surface area contributed by atoms with Crippen molar-refractivity contribution < 1.29 is 9.90 Å². The van der Waals surface area contributed by atoms with Gasteiger partial charge in [-0.3, -0.25) is 14.6 Å². The van der Waals surface area contributed by atoms with Gasteiger partial charge in [-0.25, -0.2) is 0 Å². The fourth-order valence-electron chi connectivity index (χ4n) is 4.31. The molecule has 1 unspecified atom stereocenters. The number of rotatable bonds is 8. The Morgan fingerprint density at radius 1 is 1.03 bits per heavy atom. The Balaban J connectivity index is 1.66. The van der Waals surface area contributed by atoms with Crippen LogP contribution in [0.4, 0.5) is 5.00 Å². The van der Waals surface area contributed by atoms with Crippen LogP contribution in [0.15, 0.2) is 66.7 Å². The first-order chi connectivity index (χ1) is 15.7. The van der Waals surface area contributed by atoms with Crippen molar-refractivity contribution in [2.75, 3.05) is 44.6 Å². The maximum atomic E-state index is 13.0. The minimum absolute atomic E-state index is 0.0732. The lowest BCUT2D eigenvalue weighted by Gasteiger charge is -2.39. The second-order valence-electron chi connectivity index (χ2n) is 8.09. The van der Waals surface area contributed by atoms with Crippen molar-refractivity contribution in [1.29, 1.82) is 0 Å². The standard InChI is InChI=1S/C26H31N3O2S/c1-2-22-19-23(26(32-22)27-25(31)21-11-7-4-8-12-21)24(20-9-5-3-6-10-20)29-15-13-28(14-16-29)17-18-30/h3-12,19,24,30H,2,13-18H2,1H3,(H,27,31). The topological polar surface area (TPSA) is 55.8 Å². The second kappa shape index (κ2) is 10.9. The van der Waals surface area contributed by atoms with E-state index < -0.39 is 0 Å². The first-order valence-corrected chi connectivity index (χ1v) is 12.1. The number of β-amino-alcohol motifs (C(OH)–C–C–N with tert-alkyl or cyclic N) is 1. The Morgan fingerprint density at radius 3 is 2.31 bits per heavy atom. The van der Waals surface area contributed by atoms with Crippen LogP contribution in [0.5, 0.6) is 0 Å².